The number of aliphatic hydroxyl groups excluding tert-OH is 1. The fourth-order valence-corrected chi connectivity index (χ4v) is 2.01. The van der Waals surface area contributed by atoms with Gasteiger partial charge >= 0.3 is 5.97 Å². The van der Waals surface area contributed by atoms with Gasteiger partial charge in [0.05, 0.1) is 6.10 Å². The number of benzene rings is 1. The number of carbonyl (C=O) groups is 1. The summed E-state index contributed by atoms with van der Waals surface area (Å²) >= 11 is 5.97. The fourth-order valence-electron chi connectivity index (χ4n) is 1.84. The molecule has 1 atom stereocenters. The Bertz CT molecular complexity index is 609. The molecule has 0 bridgehead atoms. The Kier molecular flexibility index (Phi) is 6.14. The Morgan fingerprint density at radius 1 is 1.57 bits per heavy atom. The van der Waals surface area contributed by atoms with Crippen molar-refractivity contribution in [1.29, 1.82) is 0 Å². The molecular formula is C15H17ClN2O3. The molecule has 0 fully saturated rings. The molecule has 6 heteroatoms. The van der Waals surface area contributed by atoms with Gasteiger partial charge in [0.15, 0.2) is 0 Å². The first-order chi connectivity index (χ1) is 9.90. The summed E-state index contributed by atoms with van der Waals surface area (Å²) in [5.41, 5.74) is 7.18. The minimum atomic E-state index is -1.14. The van der Waals surface area contributed by atoms with Crippen LogP contribution >= 0.6 is 11.6 Å². The molecule has 1 aromatic rings. The third-order valence-electron chi connectivity index (χ3n) is 2.88. The summed E-state index contributed by atoms with van der Waals surface area (Å²) in [5, 5.41) is 19.6. The predicted molar refractivity (Wildman–Crippen MR) is 84.4 cm³/mol. The summed E-state index contributed by atoms with van der Waals surface area (Å²) in [6.45, 7) is 3.42. The largest absolute Gasteiger partial charge is 0.478 e. The van der Waals surface area contributed by atoms with E-state index >= 15 is 0 Å². The van der Waals surface area contributed by atoms with Gasteiger partial charge in [-0.05, 0) is 23.3 Å². The van der Waals surface area contributed by atoms with Crippen LogP contribution in [0.25, 0.3) is 5.57 Å². The lowest BCUT2D eigenvalue weighted by Crippen LogP contribution is -2.08. The quantitative estimate of drug-likeness (QED) is 0.555. The van der Waals surface area contributed by atoms with Crippen LogP contribution in [-0.4, -0.2) is 29.4 Å². The highest BCUT2D eigenvalue weighted by molar-refractivity contribution is 6.31. The number of rotatable bonds is 6. The molecule has 0 saturated carbocycles. The summed E-state index contributed by atoms with van der Waals surface area (Å²) in [7, 11) is 1.59. The van der Waals surface area contributed by atoms with Gasteiger partial charge in [0, 0.05) is 42.1 Å². The minimum Gasteiger partial charge on any atom is -0.478 e. The molecule has 0 spiro atoms. The second-order valence-corrected chi connectivity index (χ2v) is 4.81. The van der Waals surface area contributed by atoms with Crippen molar-refractivity contribution in [2.24, 2.45) is 10.7 Å². The van der Waals surface area contributed by atoms with Crippen molar-refractivity contribution in [2.45, 2.75) is 12.5 Å². The normalized spacial score (nSPS) is 13.4. The summed E-state index contributed by atoms with van der Waals surface area (Å²) in [6.07, 6.45) is 1.76. The number of aliphatic carboxylic acids is 1. The van der Waals surface area contributed by atoms with Gasteiger partial charge in [-0.3, -0.25) is 4.99 Å². The van der Waals surface area contributed by atoms with E-state index < -0.39 is 12.1 Å². The van der Waals surface area contributed by atoms with E-state index in [2.05, 4.69) is 11.6 Å². The highest BCUT2D eigenvalue weighted by Crippen LogP contribution is 2.30. The monoisotopic (exact) mass is 308 g/mol. The summed E-state index contributed by atoms with van der Waals surface area (Å²) in [6, 6.07) is 4.89. The summed E-state index contributed by atoms with van der Waals surface area (Å²) in [5.74, 6) is -1.14. The lowest BCUT2D eigenvalue weighted by molar-refractivity contribution is -0.133. The maximum Gasteiger partial charge on any atom is 0.331 e. The number of halogens is 1. The Hall–Kier alpha value is -2.11. The van der Waals surface area contributed by atoms with E-state index in [9.17, 15) is 9.90 Å². The van der Waals surface area contributed by atoms with Crippen LogP contribution < -0.4 is 5.73 Å². The average Bonchev–Trinajstić information content (AvgIpc) is 2.44. The molecule has 1 aromatic carbocycles. The molecular weight excluding hydrogens is 292 g/mol. The highest BCUT2D eigenvalue weighted by atomic mass is 35.5. The van der Waals surface area contributed by atoms with Gasteiger partial charge in [-0.15, -0.1) is 0 Å². The molecule has 0 aliphatic carbocycles. The first-order valence-electron chi connectivity index (χ1n) is 6.13. The first kappa shape index (κ1) is 16.9. The molecule has 0 aliphatic heterocycles. The maximum absolute atomic E-state index is 10.8. The summed E-state index contributed by atoms with van der Waals surface area (Å²) in [4.78, 5) is 14.7. The molecule has 0 saturated heterocycles. The Balaban J connectivity index is 3.23. The van der Waals surface area contributed by atoms with E-state index in [0.717, 1.165) is 0 Å². The molecule has 0 radical (unpaired) electrons. The standard InChI is InChI=1S/C15H17ClN2O3/c1-9(15(20)21)5-14(19)12-4-3-11(16)6-13(12)10(7-17)8-18-2/h3-4,6-8,14,19H,1,5,17H2,2H3,(H,20,21)/b10-7+,18-8?. The molecule has 1 unspecified atom stereocenters. The van der Waals surface area contributed by atoms with Gasteiger partial charge < -0.3 is 15.9 Å². The van der Waals surface area contributed by atoms with Crippen LogP contribution in [0.5, 0.6) is 0 Å². The van der Waals surface area contributed by atoms with Crippen molar-refractivity contribution >= 4 is 29.4 Å². The average molecular weight is 309 g/mol. The number of carboxylic acids is 1. The SMILES string of the molecule is C=C(CC(O)c1ccc(Cl)cc1/C(C=NC)=C/N)C(=O)O. The van der Waals surface area contributed by atoms with Crippen molar-refractivity contribution in [1.82, 2.24) is 0 Å². The lowest BCUT2D eigenvalue weighted by atomic mass is 9.94. The molecule has 0 aliphatic rings. The maximum atomic E-state index is 10.8. The van der Waals surface area contributed by atoms with Crippen LogP contribution in [0.1, 0.15) is 23.7 Å². The van der Waals surface area contributed by atoms with Gasteiger partial charge in [0.25, 0.3) is 0 Å². The number of allylic oxidation sites excluding steroid dienone is 1. The van der Waals surface area contributed by atoms with Crippen molar-refractivity contribution in [2.75, 3.05) is 7.05 Å². The second-order valence-electron chi connectivity index (χ2n) is 4.37. The predicted octanol–water partition coefficient (Wildman–Crippen LogP) is 2.40. The van der Waals surface area contributed by atoms with Crippen molar-refractivity contribution < 1.29 is 15.0 Å². The first-order valence-corrected chi connectivity index (χ1v) is 6.51. The van der Waals surface area contributed by atoms with E-state index in [-0.39, 0.29) is 12.0 Å². The van der Waals surface area contributed by atoms with E-state index in [1.165, 1.54) is 12.4 Å². The number of hydrogen-bond donors (Lipinski definition) is 3. The zero-order valence-corrected chi connectivity index (χ0v) is 12.3. The van der Waals surface area contributed by atoms with Crippen LogP contribution in [0.2, 0.25) is 5.02 Å². The van der Waals surface area contributed by atoms with Crippen LogP contribution in [0, 0.1) is 0 Å². The van der Waals surface area contributed by atoms with Gasteiger partial charge in [0.2, 0.25) is 0 Å². The highest BCUT2D eigenvalue weighted by Gasteiger charge is 2.18. The number of nitrogens with zero attached hydrogens (tertiary/aromatic N) is 1. The number of carboxylic acid groups (broad SMARTS) is 1. The topological polar surface area (TPSA) is 95.9 Å². The number of aliphatic imine (C=N–C) groups is 1. The van der Waals surface area contributed by atoms with Crippen LogP contribution in [-0.2, 0) is 4.79 Å². The Morgan fingerprint density at radius 3 is 2.76 bits per heavy atom. The fraction of sp³-hybridized carbons (Fsp3) is 0.200. The van der Waals surface area contributed by atoms with Crippen molar-refractivity contribution in [3.63, 3.8) is 0 Å². The molecule has 0 heterocycles. The van der Waals surface area contributed by atoms with Gasteiger partial charge in [0.1, 0.15) is 0 Å². The molecule has 5 nitrogen and oxygen atoms in total. The van der Waals surface area contributed by atoms with E-state index in [1.807, 2.05) is 0 Å². The Labute approximate surface area is 128 Å². The third kappa shape index (κ3) is 4.44. The van der Waals surface area contributed by atoms with Crippen LogP contribution in [0.4, 0.5) is 0 Å². The zero-order chi connectivity index (χ0) is 16.0. The van der Waals surface area contributed by atoms with Crippen LogP contribution in [0.3, 0.4) is 0 Å². The van der Waals surface area contributed by atoms with E-state index in [4.69, 9.17) is 22.4 Å². The minimum absolute atomic E-state index is 0.0779. The summed E-state index contributed by atoms with van der Waals surface area (Å²) < 4.78 is 0. The van der Waals surface area contributed by atoms with Crippen LogP contribution in [0.15, 0.2) is 41.5 Å². The second kappa shape index (κ2) is 7.61. The molecule has 21 heavy (non-hydrogen) atoms. The molecule has 4 N–H and O–H groups in total. The molecule has 1 rings (SSSR count). The lowest BCUT2D eigenvalue weighted by Gasteiger charge is -2.16. The molecule has 0 amide bonds. The third-order valence-corrected chi connectivity index (χ3v) is 3.11. The number of aliphatic hydroxyl groups is 1. The van der Waals surface area contributed by atoms with Crippen molar-refractivity contribution in [3.05, 3.63) is 52.7 Å². The number of hydrogen-bond acceptors (Lipinski definition) is 4. The van der Waals surface area contributed by atoms with Crippen molar-refractivity contribution in [3.8, 4) is 0 Å². The Morgan fingerprint density at radius 2 is 2.24 bits per heavy atom. The van der Waals surface area contributed by atoms with Gasteiger partial charge in [-0.2, -0.15) is 0 Å². The van der Waals surface area contributed by atoms with E-state index in [1.54, 1.807) is 25.2 Å². The smallest absolute Gasteiger partial charge is 0.331 e. The molecule has 0 aromatic heterocycles. The zero-order valence-electron chi connectivity index (χ0n) is 11.6. The van der Waals surface area contributed by atoms with Gasteiger partial charge in [-0.1, -0.05) is 24.2 Å². The van der Waals surface area contributed by atoms with Gasteiger partial charge in [-0.25, -0.2) is 4.79 Å². The van der Waals surface area contributed by atoms with E-state index in [0.29, 0.717) is 21.7 Å². The molecule has 112 valence electrons. The number of nitrogens with two attached hydrogens (primary N) is 1.